The predicted molar refractivity (Wildman–Crippen MR) is 128 cm³/mol. The Labute approximate surface area is 197 Å². The molecule has 32 heavy (non-hydrogen) atoms. The highest BCUT2D eigenvalue weighted by Gasteiger charge is 2.37. The number of carbonyl (C=O) groups excluding carboxylic acids is 1. The molecule has 0 saturated carbocycles. The van der Waals surface area contributed by atoms with Gasteiger partial charge >= 0.3 is 0 Å². The molecule has 7 nitrogen and oxygen atoms in total. The van der Waals surface area contributed by atoms with Crippen molar-refractivity contribution in [3.63, 3.8) is 0 Å². The first-order valence-electron chi connectivity index (χ1n) is 9.52. The van der Waals surface area contributed by atoms with Gasteiger partial charge in [0.2, 0.25) is 5.17 Å². The van der Waals surface area contributed by atoms with Crippen LogP contribution in [0, 0.1) is 19.3 Å². The lowest BCUT2D eigenvalue weighted by Gasteiger charge is -2.20. The van der Waals surface area contributed by atoms with Gasteiger partial charge in [0.05, 0.1) is 27.6 Å². The summed E-state index contributed by atoms with van der Waals surface area (Å²) in [5.74, 6) is 0.0229. The van der Waals surface area contributed by atoms with Crippen molar-refractivity contribution in [3.8, 4) is 5.69 Å². The topological polar surface area (TPSA) is 87.0 Å². The molecule has 2 aromatic heterocycles. The summed E-state index contributed by atoms with van der Waals surface area (Å²) < 4.78 is 7.34. The maximum Gasteiger partial charge on any atom is 0.283 e. The van der Waals surface area contributed by atoms with Crippen LogP contribution in [0.4, 0.5) is 0 Å². The average Bonchev–Trinajstić information content (AvgIpc) is 3.48. The molecule has 0 bridgehead atoms. The van der Waals surface area contributed by atoms with Crippen molar-refractivity contribution in [2.24, 2.45) is 10.1 Å². The summed E-state index contributed by atoms with van der Waals surface area (Å²) in [5, 5.41) is 16.1. The Morgan fingerprint density at radius 2 is 2.00 bits per heavy atom. The van der Waals surface area contributed by atoms with Gasteiger partial charge in [-0.15, -0.1) is 0 Å². The minimum atomic E-state index is -0.491. The number of aryl methyl sites for hydroxylation is 1. The fourth-order valence-electron chi connectivity index (χ4n) is 3.62. The number of amidine groups is 2. The molecule has 1 N–H and O–H groups in total. The van der Waals surface area contributed by atoms with Gasteiger partial charge in [0.25, 0.3) is 5.91 Å². The number of amides is 1. The highest BCUT2D eigenvalue weighted by atomic mass is 35.5. The molecular formula is C22H15Cl2N5O2S. The molecule has 10 heteroatoms. The number of rotatable bonds is 3. The van der Waals surface area contributed by atoms with E-state index in [2.05, 4.69) is 10.1 Å². The molecular weight excluding hydrogens is 469 g/mol. The van der Waals surface area contributed by atoms with E-state index in [1.54, 1.807) is 30.5 Å². The number of hydrogen-bond acceptors (Lipinski definition) is 5. The van der Waals surface area contributed by atoms with Gasteiger partial charge in [-0.25, -0.2) is 0 Å². The SMILES string of the molecule is Cc1cc(C=C2C(=N)N3N=C(c4ccco4)SC3=NC2=O)c(C)n1-c1cccc(Cl)c1Cl. The number of furan rings is 1. The van der Waals surface area contributed by atoms with E-state index in [0.717, 1.165) is 22.6 Å². The number of hydrazone groups is 1. The van der Waals surface area contributed by atoms with Crippen molar-refractivity contribution in [1.29, 1.82) is 5.41 Å². The zero-order valence-corrected chi connectivity index (χ0v) is 19.2. The zero-order valence-electron chi connectivity index (χ0n) is 16.9. The number of aliphatic imine (C=N–C) groups is 1. The molecule has 2 aliphatic rings. The number of nitrogens with one attached hydrogen (secondary N) is 1. The van der Waals surface area contributed by atoms with E-state index in [0.29, 0.717) is 26.0 Å². The van der Waals surface area contributed by atoms with Crippen LogP contribution < -0.4 is 0 Å². The third-order valence-electron chi connectivity index (χ3n) is 5.13. The van der Waals surface area contributed by atoms with Gasteiger partial charge in [0.1, 0.15) is 0 Å². The minimum Gasteiger partial charge on any atom is -0.462 e. The smallest absolute Gasteiger partial charge is 0.283 e. The first-order valence-corrected chi connectivity index (χ1v) is 11.1. The minimum absolute atomic E-state index is 0.0420. The number of nitrogens with zero attached hydrogens (tertiary/aromatic N) is 4. The molecule has 5 rings (SSSR count). The van der Waals surface area contributed by atoms with Crippen molar-refractivity contribution in [2.45, 2.75) is 13.8 Å². The fourth-order valence-corrected chi connectivity index (χ4v) is 4.86. The highest BCUT2D eigenvalue weighted by Crippen LogP contribution is 2.34. The van der Waals surface area contributed by atoms with Gasteiger partial charge in [0.15, 0.2) is 16.6 Å². The molecule has 0 radical (unpaired) electrons. The maximum absolute atomic E-state index is 12.8. The zero-order chi connectivity index (χ0) is 22.6. The second-order valence-electron chi connectivity index (χ2n) is 7.14. The molecule has 0 spiro atoms. The van der Waals surface area contributed by atoms with Crippen molar-refractivity contribution in [2.75, 3.05) is 0 Å². The normalized spacial score (nSPS) is 17.1. The summed E-state index contributed by atoms with van der Waals surface area (Å²) in [5.41, 5.74) is 3.42. The summed E-state index contributed by atoms with van der Waals surface area (Å²) in [6.45, 7) is 3.86. The van der Waals surface area contributed by atoms with Crippen LogP contribution in [0.5, 0.6) is 0 Å². The van der Waals surface area contributed by atoms with Crippen molar-refractivity contribution in [3.05, 3.63) is 81.0 Å². The Bertz CT molecular complexity index is 1390. The van der Waals surface area contributed by atoms with Crippen molar-refractivity contribution in [1.82, 2.24) is 9.58 Å². The van der Waals surface area contributed by atoms with Crippen LogP contribution in [0.15, 0.2) is 62.7 Å². The molecule has 2 aliphatic heterocycles. The molecule has 0 aliphatic carbocycles. The predicted octanol–water partition coefficient (Wildman–Crippen LogP) is 5.66. The van der Waals surface area contributed by atoms with Crippen LogP contribution in [-0.4, -0.2) is 31.5 Å². The Morgan fingerprint density at radius 3 is 2.75 bits per heavy atom. The third-order valence-corrected chi connectivity index (χ3v) is 6.86. The summed E-state index contributed by atoms with van der Waals surface area (Å²) in [7, 11) is 0. The van der Waals surface area contributed by atoms with Gasteiger partial charge in [-0.1, -0.05) is 29.3 Å². The van der Waals surface area contributed by atoms with E-state index >= 15 is 0 Å². The second kappa shape index (κ2) is 7.81. The van der Waals surface area contributed by atoms with Crippen molar-refractivity contribution < 1.29 is 9.21 Å². The fraction of sp³-hybridized carbons (Fsp3) is 0.0909. The third kappa shape index (κ3) is 3.31. The van der Waals surface area contributed by atoms with E-state index in [9.17, 15) is 4.79 Å². The molecule has 0 fully saturated rings. The van der Waals surface area contributed by atoms with Gasteiger partial charge < -0.3 is 8.98 Å². The van der Waals surface area contributed by atoms with Crippen LogP contribution >= 0.6 is 35.0 Å². The van der Waals surface area contributed by atoms with E-state index in [1.807, 2.05) is 36.6 Å². The molecule has 0 atom stereocenters. The van der Waals surface area contributed by atoms with Gasteiger partial charge in [-0.3, -0.25) is 10.2 Å². The first kappa shape index (κ1) is 20.8. The lowest BCUT2D eigenvalue weighted by atomic mass is 10.1. The standard InChI is InChI=1S/C22H15Cl2N5O2S/c1-11-9-13(12(2)28(11)16-6-3-5-15(23)18(16)24)10-14-19(25)29-22(26-20(14)30)32-21(27-29)17-7-4-8-31-17/h3-10,25H,1-2H3. The quantitative estimate of drug-likeness (QED) is 0.486. The van der Waals surface area contributed by atoms with Crippen molar-refractivity contribution >= 4 is 63.0 Å². The van der Waals surface area contributed by atoms with E-state index in [4.69, 9.17) is 33.0 Å². The molecule has 3 aromatic rings. The monoisotopic (exact) mass is 483 g/mol. The van der Waals surface area contributed by atoms with E-state index in [-0.39, 0.29) is 11.4 Å². The molecule has 4 heterocycles. The maximum atomic E-state index is 12.8. The van der Waals surface area contributed by atoms with Crippen LogP contribution in [0.2, 0.25) is 10.0 Å². The Kier molecular flexibility index (Phi) is 5.08. The van der Waals surface area contributed by atoms with Gasteiger partial charge in [-0.05, 0) is 67.6 Å². The summed E-state index contributed by atoms with van der Waals surface area (Å²) in [4.78, 5) is 16.9. The Hall–Kier alpha value is -3.07. The first-order chi connectivity index (χ1) is 15.3. The lowest BCUT2D eigenvalue weighted by molar-refractivity contribution is -0.114. The van der Waals surface area contributed by atoms with Gasteiger partial charge in [0, 0.05) is 11.4 Å². The molecule has 0 unspecified atom stereocenters. The number of thioether (sulfide) groups is 1. The van der Waals surface area contributed by atoms with Crippen LogP contribution in [0.3, 0.4) is 0 Å². The number of halogens is 2. The summed E-state index contributed by atoms with van der Waals surface area (Å²) in [6, 6.07) is 10.9. The molecule has 0 saturated heterocycles. The Balaban J connectivity index is 1.55. The number of hydrogen-bond donors (Lipinski definition) is 1. The summed E-state index contributed by atoms with van der Waals surface area (Å²) >= 11 is 13.8. The molecule has 160 valence electrons. The molecule has 1 amide bonds. The van der Waals surface area contributed by atoms with E-state index < -0.39 is 5.91 Å². The van der Waals surface area contributed by atoms with Crippen LogP contribution in [0.25, 0.3) is 11.8 Å². The Morgan fingerprint density at radius 1 is 1.19 bits per heavy atom. The largest absolute Gasteiger partial charge is 0.462 e. The highest BCUT2D eigenvalue weighted by molar-refractivity contribution is 8.27. The second-order valence-corrected chi connectivity index (χ2v) is 8.88. The average molecular weight is 484 g/mol. The summed E-state index contributed by atoms with van der Waals surface area (Å²) in [6.07, 6.45) is 3.20. The molecule has 1 aromatic carbocycles. The lowest BCUT2D eigenvalue weighted by Crippen LogP contribution is -2.35. The number of fused-ring (bicyclic) bond motifs is 1. The number of aromatic nitrogens is 1. The van der Waals surface area contributed by atoms with E-state index in [1.165, 1.54) is 16.8 Å². The number of carbonyl (C=O) groups is 1. The van der Waals surface area contributed by atoms with Gasteiger partial charge in [-0.2, -0.15) is 15.1 Å². The van der Waals surface area contributed by atoms with Crippen LogP contribution in [0.1, 0.15) is 22.7 Å². The van der Waals surface area contributed by atoms with Crippen LogP contribution in [-0.2, 0) is 4.79 Å². The number of benzene rings is 1.